The molecule has 2 heterocycles. The van der Waals surface area contributed by atoms with Gasteiger partial charge in [-0.3, -0.25) is 4.79 Å². The molecular weight excluding hydrogens is 309 g/mol. The van der Waals surface area contributed by atoms with Crippen molar-refractivity contribution in [2.75, 3.05) is 19.8 Å². The Bertz CT molecular complexity index is 384. The van der Waals surface area contributed by atoms with Crippen LogP contribution in [0.15, 0.2) is 6.20 Å². The normalized spacial score (nSPS) is 18.1. The number of hydrogen-bond acceptors (Lipinski definition) is 5. The van der Waals surface area contributed by atoms with Gasteiger partial charge < -0.3 is 15.4 Å². The summed E-state index contributed by atoms with van der Waals surface area (Å²) in [5, 5.41) is 7.18. The fourth-order valence-corrected chi connectivity index (χ4v) is 2.45. The lowest BCUT2D eigenvalue weighted by Crippen LogP contribution is -2.44. The van der Waals surface area contributed by atoms with Crippen LogP contribution in [0.4, 0.5) is 0 Å². The number of thiazole rings is 1. The zero-order valence-electron chi connectivity index (χ0n) is 10.7. The van der Waals surface area contributed by atoms with Gasteiger partial charge in [0, 0.05) is 30.1 Å². The first kappa shape index (κ1) is 18.6. The van der Waals surface area contributed by atoms with Crippen molar-refractivity contribution in [1.82, 2.24) is 15.6 Å². The van der Waals surface area contributed by atoms with Crippen LogP contribution >= 0.6 is 36.2 Å². The Kier molecular flexibility index (Phi) is 9.30. The number of ether oxygens (including phenoxy) is 1. The van der Waals surface area contributed by atoms with E-state index in [1.54, 1.807) is 11.3 Å². The van der Waals surface area contributed by atoms with Crippen molar-refractivity contribution in [2.45, 2.75) is 25.9 Å². The van der Waals surface area contributed by atoms with Crippen LogP contribution in [-0.4, -0.2) is 36.7 Å². The first-order valence-corrected chi connectivity index (χ1v) is 6.55. The lowest BCUT2D eigenvalue weighted by Gasteiger charge is -2.23. The van der Waals surface area contributed by atoms with Gasteiger partial charge in [-0.15, -0.1) is 36.2 Å². The summed E-state index contributed by atoms with van der Waals surface area (Å²) in [6, 6.07) is 0.145. The van der Waals surface area contributed by atoms with Gasteiger partial charge in [0.15, 0.2) is 0 Å². The van der Waals surface area contributed by atoms with Crippen LogP contribution in [0, 0.1) is 6.92 Å². The van der Waals surface area contributed by atoms with E-state index < -0.39 is 0 Å². The molecule has 0 radical (unpaired) electrons. The smallest absolute Gasteiger partial charge is 0.221 e. The predicted octanol–water partition coefficient (Wildman–Crippen LogP) is 1.29. The maximum absolute atomic E-state index is 11.7. The molecule has 0 spiro atoms. The van der Waals surface area contributed by atoms with Gasteiger partial charge in [-0.2, -0.15) is 0 Å². The van der Waals surface area contributed by atoms with Gasteiger partial charge in [0.2, 0.25) is 5.91 Å². The molecule has 2 rings (SSSR count). The van der Waals surface area contributed by atoms with Crippen LogP contribution in [0.2, 0.25) is 0 Å². The number of halogens is 2. The van der Waals surface area contributed by atoms with Crippen LogP contribution in [0.3, 0.4) is 0 Å². The fourth-order valence-electron chi connectivity index (χ4n) is 1.72. The van der Waals surface area contributed by atoms with E-state index in [1.807, 2.05) is 13.1 Å². The molecule has 1 amide bonds. The Balaban J connectivity index is 0.00000162. The molecular formula is C11H19Cl2N3O2S. The molecule has 1 aromatic rings. The summed E-state index contributed by atoms with van der Waals surface area (Å²) in [6.07, 6.45) is 2.28. The molecule has 0 aliphatic carbocycles. The number of carbonyl (C=O) groups excluding carboxylic acids is 1. The third-order valence-corrected chi connectivity index (χ3v) is 3.47. The molecule has 5 nitrogen and oxygen atoms in total. The summed E-state index contributed by atoms with van der Waals surface area (Å²) < 4.78 is 5.30. The van der Waals surface area contributed by atoms with Crippen LogP contribution < -0.4 is 10.6 Å². The second-order valence-electron chi connectivity index (χ2n) is 4.05. The number of rotatable bonds is 4. The Labute approximate surface area is 129 Å². The van der Waals surface area contributed by atoms with Gasteiger partial charge >= 0.3 is 0 Å². The number of aromatic nitrogens is 1. The maximum atomic E-state index is 11.7. The van der Waals surface area contributed by atoms with E-state index in [9.17, 15) is 4.79 Å². The Morgan fingerprint density at radius 3 is 3.00 bits per heavy atom. The van der Waals surface area contributed by atoms with Gasteiger partial charge in [-0.05, 0) is 6.92 Å². The first-order valence-electron chi connectivity index (χ1n) is 5.73. The van der Waals surface area contributed by atoms with Crippen molar-refractivity contribution < 1.29 is 9.53 Å². The number of nitrogens with one attached hydrogen (secondary N) is 2. The van der Waals surface area contributed by atoms with Crippen LogP contribution in [0.5, 0.6) is 0 Å². The maximum Gasteiger partial charge on any atom is 0.221 e. The van der Waals surface area contributed by atoms with Gasteiger partial charge in [-0.25, -0.2) is 4.98 Å². The van der Waals surface area contributed by atoms with Crippen molar-refractivity contribution in [3.05, 3.63) is 16.1 Å². The molecule has 0 bridgehead atoms. The quantitative estimate of drug-likeness (QED) is 0.874. The molecule has 110 valence electrons. The minimum Gasteiger partial charge on any atom is -0.378 e. The topological polar surface area (TPSA) is 63.2 Å². The molecule has 1 aliphatic heterocycles. The zero-order valence-corrected chi connectivity index (χ0v) is 13.1. The summed E-state index contributed by atoms with van der Waals surface area (Å²) in [5.41, 5.74) is 0. The number of morpholine rings is 1. The molecule has 2 N–H and O–H groups in total. The van der Waals surface area contributed by atoms with Gasteiger partial charge in [-0.1, -0.05) is 0 Å². The highest BCUT2D eigenvalue weighted by Gasteiger charge is 2.16. The van der Waals surface area contributed by atoms with E-state index in [0.29, 0.717) is 19.6 Å². The number of carbonyl (C=O) groups is 1. The van der Waals surface area contributed by atoms with E-state index in [2.05, 4.69) is 15.6 Å². The minimum absolute atomic E-state index is 0. The van der Waals surface area contributed by atoms with Crippen molar-refractivity contribution in [1.29, 1.82) is 0 Å². The Morgan fingerprint density at radius 1 is 1.63 bits per heavy atom. The Hall–Kier alpha value is -0.400. The molecule has 1 aromatic heterocycles. The van der Waals surface area contributed by atoms with Crippen LogP contribution in [0.25, 0.3) is 0 Å². The first-order chi connectivity index (χ1) is 8.24. The number of hydrogen-bond donors (Lipinski definition) is 2. The summed E-state index contributed by atoms with van der Waals surface area (Å²) in [4.78, 5) is 16.9. The SMILES string of the molecule is Cc1ncc(CNC(=O)CC2COCCN2)s1.Cl.Cl. The van der Waals surface area contributed by atoms with E-state index in [4.69, 9.17) is 4.74 Å². The van der Waals surface area contributed by atoms with Crippen molar-refractivity contribution in [3.63, 3.8) is 0 Å². The molecule has 1 atom stereocenters. The third kappa shape index (κ3) is 6.54. The van der Waals surface area contributed by atoms with Gasteiger partial charge in [0.05, 0.1) is 24.8 Å². The van der Waals surface area contributed by atoms with Crippen LogP contribution in [0.1, 0.15) is 16.3 Å². The summed E-state index contributed by atoms with van der Waals surface area (Å²) >= 11 is 1.61. The number of amides is 1. The molecule has 19 heavy (non-hydrogen) atoms. The van der Waals surface area contributed by atoms with Crippen molar-refractivity contribution in [2.24, 2.45) is 0 Å². The molecule has 0 aromatic carbocycles. The highest BCUT2D eigenvalue weighted by molar-refractivity contribution is 7.11. The van der Waals surface area contributed by atoms with E-state index in [-0.39, 0.29) is 36.8 Å². The molecule has 1 fully saturated rings. The summed E-state index contributed by atoms with van der Waals surface area (Å²) in [7, 11) is 0. The molecule has 1 aliphatic rings. The van der Waals surface area contributed by atoms with E-state index in [1.165, 1.54) is 0 Å². The summed E-state index contributed by atoms with van der Waals surface area (Å²) in [5.74, 6) is 0.0547. The number of nitrogens with zero attached hydrogens (tertiary/aromatic N) is 1. The number of aryl methyl sites for hydroxylation is 1. The molecule has 8 heteroatoms. The monoisotopic (exact) mass is 327 g/mol. The second kappa shape index (κ2) is 9.50. The highest BCUT2D eigenvalue weighted by Crippen LogP contribution is 2.10. The van der Waals surface area contributed by atoms with Gasteiger partial charge in [0.1, 0.15) is 0 Å². The minimum atomic E-state index is 0. The highest BCUT2D eigenvalue weighted by atomic mass is 35.5. The van der Waals surface area contributed by atoms with Crippen LogP contribution in [-0.2, 0) is 16.1 Å². The van der Waals surface area contributed by atoms with Gasteiger partial charge in [0.25, 0.3) is 0 Å². The average molecular weight is 328 g/mol. The third-order valence-electron chi connectivity index (χ3n) is 2.56. The lowest BCUT2D eigenvalue weighted by molar-refractivity contribution is -0.122. The lowest BCUT2D eigenvalue weighted by atomic mass is 10.2. The standard InChI is InChI=1S/C11H17N3O2S.2ClH/c1-8-13-5-10(17-8)6-14-11(15)4-9-7-16-3-2-12-9;;/h5,9,12H,2-4,6-7H2,1H3,(H,14,15);2*1H. The largest absolute Gasteiger partial charge is 0.378 e. The summed E-state index contributed by atoms with van der Waals surface area (Å²) in [6.45, 7) is 4.70. The average Bonchev–Trinajstić information content (AvgIpc) is 2.74. The van der Waals surface area contributed by atoms with E-state index in [0.717, 1.165) is 23.0 Å². The Morgan fingerprint density at radius 2 is 2.42 bits per heavy atom. The van der Waals surface area contributed by atoms with E-state index >= 15 is 0 Å². The molecule has 1 unspecified atom stereocenters. The molecule has 1 saturated heterocycles. The molecule has 0 saturated carbocycles. The van der Waals surface area contributed by atoms with Crippen molar-refractivity contribution >= 4 is 42.1 Å². The predicted molar refractivity (Wildman–Crippen MR) is 80.4 cm³/mol. The van der Waals surface area contributed by atoms with Crippen molar-refractivity contribution in [3.8, 4) is 0 Å². The second-order valence-corrected chi connectivity index (χ2v) is 5.37. The zero-order chi connectivity index (χ0) is 12.1. The fraction of sp³-hybridized carbons (Fsp3) is 0.636.